The van der Waals surface area contributed by atoms with E-state index in [9.17, 15) is 13.2 Å². The van der Waals surface area contributed by atoms with Gasteiger partial charge in [-0.1, -0.05) is 30.3 Å². The van der Waals surface area contributed by atoms with E-state index in [1.165, 1.54) is 11.3 Å². The normalized spacial score (nSPS) is 12.2. The van der Waals surface area contributed by atoms with Crippen LogP contribution in [0.1, 0.15) is 36.6 Å². The molecule has 0 aliphatic carbocycles. The number of benzene rings is 2. The Morgan fingerprint density at radius 2 is 1.85 bits per heavy atom. The number of rotatable bonds is 12. The summed E-state index contributed by atoms with van der Waals surface area (Å²) in [6, 6.07) is 16.6. The maximum Gasteiger partial charge on any atom is 0.408 e. The molecule has 0 fully saturated rings. The Morgan fingerprint density at radius 1 is 1.12 bits per heavy atom. The number of carbonyl (C=O) groups is 1. The number of alkyl carbamates (subject to hydrolysis) is 1. The van der Waals surface area contributed by atoms with Crippen LogP contribution in [0.25, 0.3) is 10.6 Å². The predicted octanol–water partition coefficient (Wildman–Crippen LogP) is 3.75. The van der Waals surface area contributed by atoms with Crippen molar-refractivity contribution in [3.8, 4) is 16.3 Å². The van der Waals surface area contributed by atoms with Crippen LogP contribution >= 0.6 is 11.3 Å². The van der Waals surface area contributed by atoms with Crippen LogP contribution in [0, 0.1) is 0 Å². The molecule has 0 saturated carbocycles. The molecular weight excluding hydrogens is 476 g/mol. The maximum absolute atomic E-state index is 12.5. The van der Waals surface area contributed by atoms with Gasteiger partial charge in [0.2, 0.25) is 0 Å². The first-order valence-corrected chi connectivity index (χ1v) is 13.1. The molecule has 0 aliphatic rings. The van der Waals surface area contributed by atoms with Crippen LogP contribution in [0.3, 0.4) is 0 Å². The second-order valence-electron chi connectivity index (χ2n) is 7.50. The predicted molar refractivity (Wildman–Crippen MR) is 132 cm³/mol. The lowest BCUT2D eigenvalue weighted by atomic mass is 10.1. The van der Waals surface area contributed by atoms with Crippen molar-refractivity contribution in [2.75, 3.05) is 13.7 Å². The number of aromatic nitrogens is 1. The van der Waals surface area contributed by atoms with Crippen molar-refractivity contribution in [2.45, 2.75) is 31.9 Å². The SMILES string of the molecule is COc1ccc(-c2nc(C(CCCCNS(N)(=O)=O)NC(=O)OCc3ccccc3)cs2)cc1. The van der Waals surface area contributed by atoms with E-state index >= 15 is 0 Å². The first-order chi connectivity index (χ1) is 16.3. The summed E-state index contributed by atoms with van der Waals surface area (Å²) in [5.74, 6) is 0.759. The summed E-state index contributed by atoms with van der Waals surface area (Å²) in [6.07, 6.45) is 1.21. The molecule has 11 heteroatoms. The summed E-state index contributed by atoms with van der Waals surface area (Å²) in [4.78, 5) is 17.2. The molecule has 4 N–H and O–H groups in total. The van der Waals surface area contributed by atoms with E-state index in [1.807, 2.05) is 60.0 Å². The van der Waals surface area contributed by atoms with Gasteiger partial charge in [-0.3, -0.25) is 0 Å². The molecule has 1 atom stereocenters. The number of nitrogens with one attached hydrogen (secondary N) is 2. The van der Waals surface area contributed by atoms with Gasteiger partial charge in [0.1, 0.15) is 17.4 Å². The highest BCUT2D eigenvalue weighted by atomic mass is 32.2. The zero-order valence-corrected chi connectivity index (χ0v) is 20.4. The number of unbranched alkanes of at least 4 members (excludes halogenated alkanes) is 1. The lowest BCUT2D eigenvalue weighted by molar-refractivity contribution is 0.134. The summed E-state index contributed by atoms with van der Waals surface area (Å²) in [5, 5.41) is 10.6. The highest BCUT2D eigenvalue weighted by Gasteiger charge is 2.19. The summed E-state index contributed by atoms with van der Waals surface area (Å²) >= 11 is 1.48. The van der Waals surface area contributed by atoms with Gasteiger partial charge >= 0.3 is 6.09 Å². The van der Waals surface area contributed by atoms with Crippen LogP contribution in [-0.2, 0) is 21.6 Å². The van der Waals surface area contributed by atoms with Crippen molar-refractivity contribution in [2.24, 2.45) is 5.14 Å². The van der Waals surface area contributed by atoms with E-state index in [0.717, 1.165) is 21.9 Å². The van der Waals surface area contributed by atoms with Gasteiger partial charge in [0.05, 0.1) is 18.8 Å². The number of methoxy groups -OCH3 is 1. The minimum atomic E-state index is -3.72. The van der Waals surface area contributed by atoms with E-state index < -0.39 is 16.3 Å². The molecule has 3 rings (SSSR count). The standard InChI is InChI=1S/C23H28N4O5S2/c1-31-19-12-10-18(11-13-19)22-26-21(16-33-22)20(9-5-6-14-25-34(24,29)30)27-23(28)32-15-17-7-3-2-4-8-17/h2-4,7-8,10-13,16,20,25H,5-6,9,14-15H2,1H3,(H,27,28)(H2,24,29,30). The molecular formula is C23H28N4O5S2. The lowest BCUT2D eigenvalue weighted by Gasteiger charge is -2.17. The van der Waals surface area contributed by atoms with Crippen molar-refractivity contribution in [3.63, 3.8) is 0 Å². The third-order valence-electron chi connectivity index (χ3n) is 4.94. The van der Waals surface area contributed by atoms with Crippen molar-refractivity contribution in [1.29, 1.82) is 0 Å². The molecule has 0 aliphatic heterocycles. The van der Waals surface area contributed by atoms with E-state index in [1.54, 1.807) is 7.11 Å². The Hall–Kier alpha value is -2.99. The highest BCUT2D eigenvalue weighted by molar-refractivity contribution is 7.87. The molecule has 1 aromatic heterocycles. The molecule has 0 radical (unpaired) electrons. The Morgan fingerprint density at radius 3 is 2.53 bits per heavy atom. The zero-order chi connectivity index (χ0) is 24.4. The van der Waals surface area contributed by atoms with Gasteiger partial charge in [-0.15, -0.1) is 11.3 Å². The molecule has 34 heavy (non-hydrogen) atoms. The fourth-order valence-corrected chi connectivity index (χ4v) is 4.51. The molecule has 1 unspecified atom stereocenters. The van der Waals surface area contributed by atoms with Crippen LogP contribution in [-0.4, -0.2) is 33.1 Å². The van der Waals surface area contributed by atoms with Gasteiger partial charge < -0.3 is 14.8 Å². The molecule has 3 aromatic rings. The van der Waals surface area contributed by atoms with Gasteiger partial charge in [0.15, 0.2) is 0 Å². The van der Waals surface area contributed by atoms with Crippen LogP contribution in [0.5, 0.6) is 5.75 Å². The molecule has 1 amide bonds. The van der Waals surface area contributed by atoms with Crippen LogP contribution < -0.4 is 19.9 Å². The van der Waals surface area contributed by atoms with E-state index in [0.29, 0.717) is 25.0 Å². The zero-order valence-electron chi connectivity index (χ0n) is 18.8. The van der Waals surface area contributed by atoms with E-state index in [2.05, 4.69) is 10.0 Å². The van der Waals surface area contributed by atoms with Gasteiger partial charge in [0, 0.05) is 17.5 Å². The van der Waals surface area contributed by atoms with Crippen LogP contribution in [0.2, 0.25) is 0 Å². The number of thiazole rings is 1. The number of hydrogen-bond donors (Lipinski definition) is 3. The largest absolute Gasteiger partial charge is 0.497 e. The summed E-state index contributed by atoms with van der Waals surface area (Å²) in [7, 11) is -2.11. The molecule has 0 bridgehead atoms. The first-order valence-electron chi connectivity index (χ1n) is 10.7. The summed E-state index contributed by atoms with van der Waals surface area (Å²) in [6.45, 7) is 0.379. The smallest absolute Gasteiger partial charge is 0.408 e. The fourth-order valence-electron chi connectivity index (χ4n) is 3.20. The maximum atomic E-state index is 12.5. The number of amides is 1. The van der Waals surface area contributed by atoms with Gasteiger partial charge in [0.25, 0.3) is 10.2 Å². The van der Waals surface area contributed by atoms with Crippen LogP contribution in [0.15, 0.2) is 60.0 Å². The number of carbonyl (C=O) groups excluding carboxylic acids is 1. The molecule has 1 heterocycles. The molecule has 2 aromatic carbocycles. The van der Waals surface area contributed by atoms with Crippen molar-refractivity contribution >= 4 is 27.6 Å². The van der Waals surface area contributed by atoms with E-state index in [-0.39, 0.29) is 19.2 Å². The quantitative estimate of drug-likeness (QED) is 0.322. The van der Waals surface area contributed by atoms with Crippen molar-refractivity contribution in [3.05, 3.63) is 71.2 Å². The molecule has 9 nitrogen and oxygen atoms in total. The minimum Gasteiger partial charge on any atom is -0.497 e. The average molecular weight is 505 g/mol. The lowest BCUT2D eigenvalue weighted by Crippen LogP contribution is -2.32. The second-order valence-corrected chi connectivity index (χ2v) is 9.74. The third kappa shape index (κ3) is 8.41. The van der Waals surface area contributed by atoms with Gasteiger partial charge in [-0.05, 0) is 49.1 Å². The van der Waals surface area contributed by atoms with Crippen molar-refractivity contribution < 1.29 is 22.7 Å². The van der Waals surface area contributed by atoms with Gasteiger partial charge in [-0.2, -0.15) is 8.42 Å². The Labute approximate surface area is 203 Å². The molecule has 0 saturated heterocycles. The highest BCUT2D eigenvalue weighted by Crippen LogP contribution is 2.29. The minimum absolute atomic E-state index is 0.159. The summed E-state index contributed by atoms with van der Waals surface area (Å²) in [5.41, 5.74) is 2.55. The summed E-state index contributed by atoms with van der Waals surface area (Å²) < 4.78 is 34.9. The monoisotopic (exact) mass is 504 g/mol. The van der Waals surface area contributed by atoms with Crippen molar-refractivity contribution in [1.82, 2.24) is 15.0 Å². The number of ether oxygens (including phenoxy) is 2. The molecule has 0 spiro atoms. The number of nitrogens with two attached hydrogens (primary N) is 1. The second kappa shape index (κ2) is 12.5. The Bertz CT molecular complexity index is 1150. The van der Waals surface area contributed by atoms with Crippen LogP contribution in [0.4, 0.5) is 4.79 Å². The first kappa shape index (κ1) is 25.6. The van der Waals surface area contributed by atoms with Gasteiger partial charge in [-0.25, -0.2) is 19.6 Å². The van der Waals surface area contributed by atoms with E-state index in [4.69, 9.17) is 19.6 Å². The molecule has 182 valence electrons. The fraction of sp³-hybridized carbons (Fsp3) is 0.304. The number of hydrogen-bond acceptors (Lipinski definition) is 7. The topological polar surface area (TPSA) is 133 Å². The Balaban J connectivity index is 1.65. The number of nitrogens with zero attached hydrogens (tertiary/aromatic N) is 1. The third-order valence-corrected chi connectivity index (χ3v) is 6.46. The Kier molecular flexibility index (Phi) is 9.40. The average Bonchev–Trinajstić information content (AvgIpc) is 3.32.